The largest absolute Gasteiger partial charge is 0.469 e. The lowest BCUT2D eigenvalue weighted by Crippen LogP contribution is -2.54. The van der Waals surface area contributed by atoms with Crippen molar-refractivity contribution in [2.24, 2.45) is 5.73 Å². The van der Waals surface area contributed by atoms with Crippen molar-refractivity contribution in [3.8, 4) is 0 Å². The summed E-state index contributed by atoms with van der Waals surface area (Å²) in [5.74, 6) is -0.337. The molecular weight excluding hydrogens is 260 g/mol. The van der Waals surface area contributed by atoms with E-state index in [0.29, 0.717) is 12.8 Å². The third-order valence-corrected chi connectivity index (χ3v) is 3.46. The van der Waals surface area contributed by atoms with Gasteiger partial charge in [0.15, 0.2) is 0 Å². The summed E-state index contributed by atoms with van der Waals surface area (Å²) in [6.07, 6.45) is 2.50. The first-order valence-electron chi connectivity index (χ1n) is 6.99. The Hall–Kier alpha value is -1.30. The maximum absolute atomic E-state index is 12.0. The average Bonchev–Trinajstić information content (AvgIpc) is 2.30. The third-order valence-electron chi connectivity index (χ3n) is 3.46. The molecule has 1 amide bonds. The first-order chi connectivity index (χ1) is 9.16. The van der Waals surface area contributed by atoms with E-state index in [1.807, 2.05) is 0 Å². The highest BCUT2D eigenvalue weighted by Crippen LogP contribution is 2.31. The number of alkyl carbamates (subject to hydrolysis) is 1. The summed E-state index contributed by atoms with van der Waals surface area (Å²) in [4.78, 5) is 23.6. The van der Waals surface area contributed by atoms with E-state index in [9.17, 15) is 9.59 Å². The lowest BCUT2D eigenvalue weighted by molar-refractivity contribution is -0.142. The maximum Gasteiger partial charge on any atom is 0.408 e. The smallest absolute Gasteiger partial charge is 0.408 e. The molecular formula is C14H26N2O4. The number of nitrogens with two attached hydrogens (primary N) is 1. The first kappa shape index (κ1) is 16.8. The van der Waals surface area contributed by atoms with Crippen molar-refractivity contribution in [1.29, 1.82) is 0 Å². The van der Waals surface area contributed by atoms with Gasteiger partial charge in [-0.15, -0.1) is 0 Å². The van der Waals surface area contributed by atoms with Crippen LogP contribution in [-0.2, 0) is 14.3 Å². The number of hydrogen-bond donors (Lipinski definition) is 2. The number of ether oxygens (including phenoxy) is 2. The summed E-state index contributed by atoms with van der Waals surface area (Å²) >= 11 is 0. The van der Waals surface area contributed by atoms with E-state index < -0.39 is 17.2 Å². The van der Waals surface area contributed by atoms with Crippen LogP contribution in [0.1, 0.15) is 52.9 Å². The first-order valence-corrected chi connectivity index (χ1v) is 6.99. The summed E-state index contributed by atoms with van der Waals surface area (Å²) in [6, 6.07) is 0.126. The quantitative estimate of drug-likeness (QED) is 0.771. The summed E-state index contributed by atoms with van der Waals surface area (Å²) in [5, 5.41) is 2.86. The van der Waals surface area contributed by atoms with Gasteiger partial charge in [0.05, 0.1) is 19.1 Å². The number of amides is 1. The van der Waals surface area contributed by atoms with E-state index in [1.165, 1.54) is 7.11 Å². The number of hydrogen-bond acceptors (Lipinski definition) is 5. The molecule has 1 fully saturated rings. The van der Waals surface area contributed by atoms with Crippen molar-refractivity contribution in [1.82, 2.24) is 5.32 Å². The molecule has 0 aliphatic heterocycles. The fraction of sp³-hybridized carbons (Fsp3) is 0.857. The summed E-state index contributed by atoms with van der Waals surface area (Å²) in [6.45, 7) is 5.41. The zero-order valence-corrected chi connectivity index (χ0v) is 12.8. The van der Waals surface area contributed by atoms with Crippen LogP contribution in [0.5, 0.6) is 0 Å². The minimum absolute atomic E-state index is 0.126. The van der Waals surface area contributed by atoms with Crippen LogP contribution < -0.4 is 11.1 Å². The fourth-order valence-corrected chi connectivity index (χ4v) is 2.41. The maximum atomic E-state index is 12.0. The molecule has 0 unspecified atom stereocenters. The van der Waals surface area contributed by atoms with Gasteiger partial charge in [0, 0.05) is 6.04 Å². The second-order valence-electron chi connectivity index (χ2n) is 6.50. The van der Waals surface area contributed by atoms with Gasteiger partial charge in [-0.3, -0.25) is 4.79 Å². The standard InChI is InChI=1S/C14H26N2O4/c1-13(2,3)20-12(18)16-14(9-11(17)19-4)7-5-10(15)6-8-14/h10H,5-9,15H2,1-4H3,(H,16,18). The molecule has 6 heteroatoms. The number of carbonyl (C=O) groups excluding carboxylic acids is 2. The van der Waals surface area contributed by atoms with E-state index in [0.717, 1.165) is 12.8 Å². The highest BCUT2D eigenvalue weighted by atomic mass is 16.6. The number of esters is 1. The fourth-order valence-electron chi connectivity index (χ4n) is 2.41. The molecule has 1 aliphatic rings. The SMILES string of the molecule is COC(=O)CC1(NC(=O)OC(C)(C)C)CCC(N)CC1. The minimum Gasteiger partial charge on any atom is -0.469 e. The van der Waals surface area contributed by atoms with Gasteiger partial charge in [0.2, 0.25) is 0 Å². The summed E-state index contributed by atoms with van der Waals surface area (Å²) in [7, 11) is 1.35. The van der Waals surface area contributed by atoms with Crippen molar-refractivity contribution in [2.75, 3.05) is 7.11 Å². The molecule has 0 atom stereocenters. The van der Waals surface area contributed by atoms with Crippen LogP contribution in [0, 0.1) is 0 Å². The van der Waals surface area contributed by atoms with Crippen molar-refractivity contribution in [3.63, 3.8) is 0 Å². The third kappa shape index (κ3) is 5.36. The Morgan fingerprint density at radius 2 is 1.85 bits per heavy atom. The van der Waals surface area contributed by atoms with Crippen LogP contribution in [0.2, 0.25) is 0 Å². The number of carbonyl (C=O) groups is 2. The van der Waals surface area contributed by atoms with Crippen LogP contribution in [0.4, 0.5) is 4.79 Å². The molecule has 0 aromatic rings. The van der Waals surface area contributed by atoms with Gasteiger partial charge in [-0.1, -0.05) is 0 Å². The molecule has 1 aliphatic carbocycles. The minimum atomic E-state index is -0.606. The van der Waals surface area contributed by atoms with Gasteiger partial charge in [-0.05, 0) is 46.5 Å². The topological polar surface area (TPSA) is 90.6 Å². The molecule has 0 spiro atoms. The second kappa shape index (κ2) is 6.43. The van der Waals surface area contributed by atoms with Crippen molar-refractivity contribution < 1.29 is 19.1 Å². The Bertz CT molecular complexity index is 355. The van der Waals surface area contributed by atoms with Crippen molar-refractivity contribution in [2.45, 2.75) is 70.1 Å². The predicted octanol–water partition coefficient (Wildman–Crippen LogP) is 1.71. The second-order valence-corrected chi connectivity index (χ2v) is 6.50. The molecule has 0 bridgehead atoms. The van der Waals surface area contributed by atoms with Crippen LogP contribution in [0.3, 0.4) is 0 Å². The Kier molecular flexibility index (Phi) is 5.39. The summed E-state index contributed by atoms with van der Waals surface area (Å²) in [5.41, 5.74) is 4.72. The highest BCUT2D eigenvalue weighted by molar-refractivity contribution is 5.74. The van der Waals surface area contributed by atoms with Crippen molar-refractivity contribution in [3.05, 3.63) is 0 Å². The molecule has 1 saturated carbocycles. The van der Waals surface area contributed by atoms with Crippen LogP contribution in [-0.4, -0.2) is 36.4 Å². The van der Waals surface area contributed by atoms with Gasteiger partial charge in [0.25, 0.3) is 0 Å². The zero-order chi connectivity index (χ0) is 15.4. The zero-order valence-electron chi connectivity index (χ0n) is 12.8. The number of nitrogens with one attached hydrogen (secondary N) is 1. The van der Waals surface area contributed by atoms with Crippen LogP contribution >= 0.6 is 0 Å². The molecule has 0 aromatic carbocycles. The molecule has 0 saturated heterocycles. The predicted molar refractivity (Wildman–Crippen MR) is 75.2 cm³/mol. The van der Waals surface area contributed by atoms with E-state index >= 15 is 0 Å². The van der Waals surface area contributed by atoms with E-state index in [1.54, 1.807) is 20.8 Å². The Balaban J connectivity index is 2.73. The van der Waals surface area contributed by atoms with Crippen LogP contribution in [0.15, 0.2) is 0 Å². The number of methoxy groups -OCH3 is 1. The number of rotatable bonds is 3. The molecule has 0 radical (unpaired) electrons. The van der Waals surface area contributed by atoms with Crippen molar-refractivity contribution >= 4 is 12.1 Å². The normalized spacial score (nSPS) is 26.8. The monoisotopic (exact) mass is 286 g/mol. The average molecular weight is 286 g/mol. The molecule has 6 nitrogen and oxygen atoms in total. The molecule has 0 aromatic heterocycles. The van der Waals surface area contributed by atoms with E-state index in [-0.39, 0.29) is 18.4 Å². The lowest BCUT2D eigenvalue weighted by atomic mass is 9.77. The Labute approximate surface area is 120 Å². The van der Waals surface area contributed by atoms with Gasteiger partial charge in [-0.25, -0.2) is 4.79 Å². The van der Waals surface area contributed by atoms with Gasteiger partial charge < -0.3 is 20.5 Å². The molecule has 116 valence electrons. The molecule has 1 rings (SSSR count). The Morgan fingerprint density at radius 1 is 1.30 bits per heavy atom. The Morgan fingerprint density at radius 3 is 2.30 bits per heavy atom. The van der Waals surface area contributed by atoms with Crippen LogP contribution in [0.25, 0.3) is 0 Å². The van der Waals surface area contributed by atoms with Gasteiger partial charge in [-0.2, -0.15) is 0 Å². The highest BCUT2D eigenvalue weighted by Gasteiger charge is 2.39. The van der Waals surface area contributed by atoms with Gasteiger partial charge >= 0.3 is 12.1 Å². The van der Waals surface area contributed by atoms with E-state index in [2.05, 4.69) is 5.32 Å². The summed E-state index contributed by atoms with van der Waals surface area (Å²) < 4.78 is 10.00. The van der Waals surface area contributed by atoms with Gasteiger partial charge in [0.1, 0.15) is 5.60 Å². The van der Waals surface area contributed by atoms with E-state index in [4.69, 9.17) is 15.2 Å². The molecule has 3 N–H and O–H groups in total. The lowest BCUT2D eigenvalue weighted by Gasteiger charge is -2.39. The molecule has 20 heavy (non-hydrogen) atoms. The molecule has 0 heterocycles.